The van der Waals surface area contributed by atoms with Crippen LogP contribution in [-0.4, -0.2) is 18.3 Å². The number of hydrogen-bond acceptors (Lipinski definition) is 2. The third kappa shape index (κ3) is 2.49. The average molecular weight is 360 g/mol. The summed E-state index contributed by atoms with van der Waals surface area (Å²) < 4.78 is 6.49. The van der Waals surface area contributed by atoms with Crippen LogP contribution in [0.25, 0.3) is 34.0 Å². The van der Waals surface area contributed by atoms with Gasteiger partial charge < -0.3 is 0 Å². The van der Waals surface area contributed by atoms with Crippen molar-refractivity contribution in [3.63, 3.8) is 0 Å². The zero-order valence-electron chi connectivity index (χ0n) is 15.1. The second-order valence-corrected chi connectivity index (χ2v) is 6.47. The predicted octanol–water partition coefficient (Wildman–Crippen LogP) is 3.21. The maximum atomic E-state index is 12.9. The molecule has 0 aliphatic heterocycles. The Kier molecular flexibility index (Phi) is 3.96. The van der Waals surface area contributed by atoms with Crippen molar-refractivity contribution in [2.75, 3.05) is 0 Å². The molecule has 2 heterocycles. The minimum atomic E-state index is -0.164. The van der Waals surface area contributed by atoms with Crippen LogP contribution in [0.15, 0.2) is 71.3 Å². The number of allylic oxidation sites excluding steroid dienone is 1. The molecule has 2 aromatic carbocycles. The van der Waals surface area contributed by atoms with Gasteiger partial charge in [0.25, 0.3) is 0 Å². The molecular weight excluding hydrogens is 340 g/mol. The molecule has 0 saturated carbocycles. The van der Waals surface area contributed by atoms with Crippen molar-refractivity contribution in [1.82, 2.24) is 18.3 Å². The third-order valence-electron chi connectivity index (χ3n) is 4.82. The molecule has 4 aromatic rings. The van der Waals surface area contributed by atoms with Crippen molar-refractivity contribution in [1.29, 1.82) is 0 Å². The maximum absolute atomic E-state index is 12.9. The molecule has 0 unspecified atom stereocenters. The largest absolute Gasteiger partial charge is 0.333 e. The Morgan fingerprint density at radius 1 is 0.852 bits per heavy atom. The maximum Gasteiger partial charge on any atom is 0.333 e. The third-order valence-corrected chi connectivity index (χ3v) is 4.82. The highest BCUT2D eigenvalue weighted by Crippen LogP contribution is 2.17. The number of aromatic nitrogens is 4. The number of benzene rings is 2. The van der Waals surface area contributed by atoms with E-state index >= 15 is 0 Å². The summed E-state index contributed by atoms with van der Waals surface area (Å²) in [6, 6.07) is 15.2. The molecule has 0 aliphatic carbocycles. The Morgan fingerprint density at radius 3 is 1.89 bits per heavy atom. The van der Waals surface area contributed by atoms with Crippen molar-refractivity contribution < 1.29 is 0 Å². The Bertz CT molecular complexity index is 1310. The number of rotatable bonds is 5. The van der Waals surface area contributed by atoms with E-state index in [1.807, 2.05) is 48.5 Å². The van der Waals surface area contributed by atoms with Gasteiger partial charge in [-0.25, -0.2) is 9.59 Å². The molecular formula is C21H20N4O2. The first-order valence-corrected chi connectivity index (χ1v) is 8.73. The Morgan fingerprint density at radius 2 is 1.33 bits per heavy atom. The van der Waals surface area contributed by atoms with Crippen LogP contribution in [0, 0.1) is 0 Å². The van der Waals surface area contributed by atoms with Crippen molar-refractivity contribution >= 4 is 34.0 Å². The van der Waals surface area contributed by atoms with E-state index in [4.69, 9.17) is 0 Å². The van der Waals surface area contributed by atoms with Crippen LogP contribution in [0.1, 0.15) is 6.92 Å². The number of hydrogen-bond donors (Lipinski definition) is 0. The van der Waals surface area contributed by atoms with Gasteiger partial charge in [-0.05, 0) is 31.2 Å². The average Bonchev–Trinajstić information content (AvgIpc) is 3.10. The summed E-state index contributed by atoms with van der Waals surface area (Å²) in [5, 5.41) is 0. The summed E-state index contributed by atoms with van der Waals surface area (Å²) in [6.07, 6.45) is 1.51. The minimum Gasteiger partial charge on any atom is -0.290 e. The smallest absolute Gasteiger partial charge is 0.290 e. The van der Waals surface area contributed by atoms with E-state index in [1.54, 1.807) is 20.6 Å². The molecule has 0 bridgehead atoms. The van der Waals surface area contributed by atoms with E-state index in [0.717, 1.165) is 22.1 Å². The second kappa shape index (κ2) is 6.32. The zero-order valence-corrected chi connectivity index (χ0v) is 15.1. The normalized spacial score (nSPS) is 11.3. The second-order valence-electron chi connectivity index (χ2n) is 6.47. The fraction of sp³-hybridized carbons (Fsp3) is 0.143. The highest BCUT2D eigenvalue weighted by atomic mass is 16.2. The standard InChI is InChI=1S/C21H20N4O2/c1-4-22-16-9-5-6-10-17(16)23(20(22)26)13-14-24-18-11-7-8-12-19(18)25(15(2)3)21(24)27/h4-12H,1-2,13-14H2,3H3. The van der Waals surface area contributed by atoms with Gasteiger partial charge in [0.15, 0.2) is 0 Å². The molecule has 0 saturated heterocycles. The van der Waals surface area contributed by atoms with Gasteiger partial charge in [0.2, 0.25) is 0 Å². The number of para-hydroxylation sites is 4. The molecule has 0 radical (unpaired) electrons. The molecule has 0 N–H and O–H groups in total. The lowest BCUT2D eigenvalue weighted by atomic mass is 10.3. The first kappa shape index (κ1) is 16.9. The summed E-state index contributed by atoms with van der Waals surface area (Å²) in [5.41, 5.74) is 3.61. The lowest BCUT2D eigenvalue weighted by Gasteiger charge is -2.05. The first-order chi connectivity index (χ1) is 13.0. The van der Waals surface area contributed by atoms with Crippen molar-refractivity contribution in [3.05, 3.63) is 82.7 Å². The van der Waals surface area contributed by atoms with Crippen molar-refractivity contribution in [2.45, 2.75) is 20.0 Å². The quantitative estimate of drug-likeness (QED) is 0.549. The Balaban J connectivity index is 1.83. The number of aryl methyl sites for hydroxylation is 2. The highest BCUT2D eigenvalue weighted by Gasteiger charge is 2.15. The van der Waals surface area contributed by atoms with E-state index in [0.29, 0.717) is 18.8 Å². The predicted molar refractivity (Wildman–Crippen MR) is 110 cm³/mol. The van der Waals surface area contributed by atoms with E-state index in [2.05, 4.69) is 13.2 Å². The molecule has 0 fully saturated rings. The fourth-order valence-electron chi connectivity index (χ4n) is 3.62. The van der Waals surface area contributed by atoms with Gasteiger partial charge in [-0.3, -0.25) is 18.3 Å². The summed E-state index contributed by atoms with van der Waals surface area (Å²) in [5.74, 6) is 0. The van der Waals surface area contributed by atoms with E-state index < -0.39 is 0 Å². The van der Waals surface area contributed by atoms with Gasteiger partial charge >= 0.3 is 11.4 Å². The Hall–Kier alpha value is -3.54. The van der Waals surface area contributed by atoms with Crippen molar-refractivity contribution in [2.24, 2.45) is 0 Å². The summed E-state index contributed by atoms with van der Waals surface area (Å²) in [7, 11) is 0. The van der Waals surface area contributed by atoms with Crippen LogP contribution in [0.4, 0.5) is 0 Å². The van der Waals surface area contributed by atoms with E-state index in [9.17, 15) is 9.59 Å². The Labute approximate surface area is 155 Å². The van der Waals surface area contributed by atoms with Gasteiger partial charge in [-0.1, -0.05) is 37.4 Å². The fourth-order valence-corrected chi connectivity index (χ4v) is 3.62. The van der Waals surface area contributed by atoms with Crippen LogP contribution in [0.3, 0.4) is 0 Å². The van der Waals surface area contributed by atoms with Crippen LogP contribution < -0.4 is 11.4 Å². The van der Waals surface area contributed by atoms with Gasteiger partial charge in [0.1, 0.15) is 0 Å². The van der Waals surface area contributed by atoms with Crippen LogP contribution in [0.5, 0.6) is 0 Å². The molecule has 136 valence electrons. The molecule has 0 spiro atoms. The molecule has 0 aliphatic rings. The molecule has 6 heteroatoms. The summed E-state index contributed by atoms with van der Waals surface area (Å²) >= 11 is 0. The SMILES string of the molecule is C=Cn1c(=O)n(CCn2c(=O)n(C(=C)C)c3ccccc32)c2ccccc21. The highest BCUT2D eigenvalue weighted by molar-refractivity contribution is 5.79. The van der Waals surface area contributed by atoms with Crippen LogP contribution in [-0.2, 0) is 13.1 Å². The first-order valence-electron chi connectivity index (χ1n) is 8.73. The van der Waals surface area contributed by atoms with Gasteiger partial charge in [0, 0.05) is 25.0 Å². The van der Waals surface area contributed by atoms with E-state index in [-0.39, 0.29) is 11.4 Å². The summed E-state index contributed by atoms with van der Waals surface area (Å²) in [6.45, 7) is 10.2. The monoisotopic (exact) mass is 360 g/mol. The summed E-state index contributed by atoms with van der Waals surface area (Å²) in [4.78, 5) is 25.7. The molecule has 27 heavy (non-hydrogen) atoms. The number of fused-ring (bicyclic) bond motifs is 2. The topological polar surface area (TPSA) is 53.9 Å². The molecule has 0 atom stereocenters. The lowest BCUT2D eigenvalue weighted by molar-refractivity contribution is 0.569. The van der Waals surface area contributed by atoms with E-state index in [1.165, 1.54) is 10.8 Å². The molecule has 2 aromatic heterocycles. The van der Waals surface area contributed by atoms with Gasteiger partial charge in [0.05, 0.1) is 22.1 Å². The lowest BCUT2D eigenvalue weighted by Crippen LogP contribution is -2.28. The number of nitrogens with zero attached hydrogens (tertiary/aromatic N) is 4. The van der Waals surface area contributed by atoms with Crippen LogP contribution >= 0.6 is 0 Å². The van der Waals surface area contributed by atoms with Gasteiger partial charge in [-0.2, -0.15) is 0 Å². The van der Waals surface area contributed by atoms with Gasteiger partial charge in [-0.15, -0.1) is 0 Å². The number of imidazole rings is 2. The molecule has 6 nitrogen and oxygen atoms in total. The van der Waals surface area contributed by atoms with Crippen molar-refractivity contribution in [3.8, 4) is 0 Å². The zero-order chi connectivity index (χ0) is 19.1. The minimum absolute atomic E-state index is 0.149. The molecule has 0 amide bonds. The van der Waals surface area contributed by atoms with Crippen LogP contribution in [0.2, 0.25) is 0 Å². The molecule has 4 rings (SSSR count).